The van der Waals surface area contributed by atoms with E-state index in [2.05, 4.69) is 40.7 Å². The summed E-state index contributed by atoms with van der Waals surface area (Å²) in [4.78, 5) is 15.3. The molecule has 10 aliphatic rings. The van der Waals surface area contributed by atoms with Crippen molar-refractivity contribution in [2.24, 2.45) is 50.2 Å². The quantitative estimate of drug-likeness (QED) is 0.0513. The number of fused-ring (bicyclic) bond motifs is 7. The standard InChI is InChI=1S/C59H96O26/c1-24-34(63)38(67)42(71)49(78-24)83-46-29(20-60)80-48(45(74)41(46)70)77-22-30-37(66)40(69)44(73)51(81-30)85-53(75)59-17-15-55(5,23-61)19-27(59)26-9-10-32-56(6)13-12-33(54(3,4)31(56)11-14-58(32,8)57(26,7)16-18-59)82-52-47(36(65)28(62)21-76-52)84-50-43(72)39(68)35(64)25(2)79-50/h9,24-25,27-52,60-74H,10-23H2,1-8H3. The van der Waals surface area contributed by atoms with Gasteiger partial charge in [0.2, 0.25) is 6.29 Å². The summed E-state index contributed by atoms with van der Waals surface area (Å²) in [7, 11) is 0. The lowest BCUT2D eigenvalue weighted by Gasteiger charge is -2.71. The number of hydrogen-bond donors (Lipinski definition) is 15. The highest BCUT2D eigenvalue weighted by Gasteiger charge is 2.70. The van der Waals surface area contributed by atoms with Crippen molar-refractivity contribution in [3.05, 3.63) is 11.6 Å². The van der Waals surface area contributed by atoms with Crippen LogP contribution in [0.3, 0.4) is 0 Å². The second kappa shape index (κ2) is 24.4. The van der Waals surface area contributed by atoms with Gasteiger partial charge in [0.15, 0.2) is 25.2 Å². The van der Waals surface area contributed by atoms with E-state index >= 15 is 4.79 Å². The molecule has 0 spiro atoms. The van der Waals surface area contributed by atoms with Crippen LogP contribution in [-0.2, 0) is 52.2 Å². The molecule has 26 nitrogen and oxygen atoms in total. The van der Waals surface area contributed by atoms with Crippen LogP contribution < -0.4 is 0 Å². The molecule has 33 atom stereocenters. The number of hydrogen-bond acceptors (Lipinski definition) is 26. The fraction of sp³-hybridized carbons (Fsp3) is 0.949. The van der Waals surface area contributed by atoms with Gasteiger partial charge >= 0.3 is 5.97 Å². The first-order valence-electron chi connectivity index (χ1n) is 30.6. The van der Waals surface area contributed by atoms with Gasteiger partial charge in [0.1, 0.15) is 104 Å². The zero-order chi connectivity index (χ0) is 62.0. The summed E-state index contributed by atoms with van der Waals surface area (Å²) in [5.41, 5.74) is -1.95. The molecule has 5 aliphatic heterocycles. The minimum Gasteiger partial charge on any atom is -0.432 e. The van der Waals surface area contributed by atoms with Crippen LogP contribution in [0.25, 0.3) is 0 Å². The molecule has 5 heterocycles. The summed E-state index contributed by atoms with van der Waals surface area (Å²) >= 11 is 0. The van der Waals surface area contributed by atoms with E-state index in [0.717, 1.165) is 24.8 Å². The second-order valence-corrected chi connectivity index (χ2v) is 28.4. The number of aliphatic hydroxyl groups excluding tert-OH is 15. The first kappa shape index (κ1) is 66.2. The minimum absolute atomic E-state index is 0.121. The van der Waals surface area contributed by atoms with Gasteiger partial charge in [0.05, 0.1) is 43.5 Å². The van der Waals surface area contributed by atoms with Gasteiger partial charge < -0.3 is 124 Å². The Morgan fingerprint density at radius 1 is 0.565 bits per heavy atom. The highest BCUT2D eigenvalue weighted by Crippen LogP contribution is 2.76. The Bertz CT molecular complexity index is 2370. The third kappa shape index (κ3) is 11.1. The number of allylic oxidation sites excluding steroid dienone is 2. The molecule has 5 saturated heterocycles. The van der Waals surface area contributed by atoms with Crippen LogP contribution >= 0.6 is 0 Å². The average molecular weight is 1220 g/mol. The molecule has 15 N–H and O–H groups in total. The zero-order valence-electron chi connectivity index (χ0n) is 49.8. The monoisotopic (exact) mass is 1220 g/mol. The molecule has 5 aliphatic carbocycles. The molecule has 0 amide bonds. The molecular weight excluding hydrogens is 1120 g/mol. The average Bonchev–Trinajstić information content (AvgIpc) is 1.67. The number of ether oxygens (including phenoxy) is 10. The second-order valence-electron chi connectivity index (χ2n) is 28.4. The van der Waals surface area contributed by atoms with Gasteiger partial charge in [-0.05, 0) is 123 Å². The van der Waals surface area contributed by atoms with E-state index in [1.54, 1.807) is 0 Å². The molecule has 85 heavy (non-hydrogen) atoms. The highest BCUT2D eigenvalue weighted by molar-refractivity contribution is 5.79. The smallest absolute Gasteiger partial charge is 0.315 e. The summed E-state index contributed by atoms with van der Waals surface area (Å²) < 4.78 is 59.5. The lowest BCUT2D eigenvalue weighted by molar-refractivity contribution is -0.364. The first-order valence-corrected chi connectivity index (χ1v) is 30.6. The van der Waals surface area contributed by atoms with Crippen molar-refractivity contribution in [2.45, 2.75) is 273 Å². The molecule has 0 aromatic carbocycles. The summed E-state index contributed by atoms with van der Waals surface area (Å²) in [5.74, 6) is -0.762. The fourth-order valence-electron chi connectivity index (χ4n) is 17.6. The van der Waals surface area contributed by atoms with Gasteiger partial charge in [0.25, 0.3) is 0 Å². The Balaban J connectivity index is 0.833. The zero-order valence-corrected chi connectivity index (χ0v) is 49.8. The van der Waals surface area contributed by atoms with E-state index in [0.29, 0.717) is 44.9 Å². The van der Waals surface area contributed by atoms with Crippen LogP contribution in [0, 0.1) is 50.2 Å². The number of carbonyl (C=O) groups is 1. The Hall–Kier alpha value is -1.75. The molecule has 9 fully saturated rings. The molecule has 0 bridgehead atoms. The maximum atomic E-state index is 15.3. The van der Waals surface area contributed by atoms with Crippen molar-refractivity contribution in [1.82, 2.24) is 0 Å². The van der Waals surface area contributed by atoms with E-state index in [-0.39, 0.29) is 35.9 Å². The van der Waals surface area contributed by atoms with Crippen molar-refractivity contribution in [1.29, 1.82) is 0 Å². The van der Waals surface area contributed by atoms with Gasteiger partial charge in [-0.15, -0.1) is 0 Å². The summed E-state index contributed by atoms with van der Waals surface area (Å²) in [6.07, 6.45) is -29.4. The Kier molecular flexibility index (Phi) is 19.0. The molecule has 26 heteroatoms. The van der Waals surface area contributed by atoms with Crippen molar-refractivity contribution in [2.75, 3.05) is 26.4 Å². The number of carbonyl (C=O) groups excluding carboxylic acids is 1. The van der Waals surface area contributed by atoms with Gasteiger partial charge in [-0.3, -0.25) is 4.79 Å². The summed E-state index contributed by atoms with van der Waals surface area (Å²) in [6, 6.07) is 0. The first-order chi connectivity index (χ1) is 39.8. The molecule has 4 saturated carbocycles. The molecular formula is C59H96O26. The SMILES string of the molecule is CC1OC(OC2C(CO)OC(OCC3OC(OC(=O)C45CCC(C)(CO)CC4C4=CCC6C7(C)CCC(OC8OCC(O)C(O)C8OC8OC(C)C(O)C(O)C8O)C(C)(C)C7CCC6(C)C4(C)CC5)C(O)C(O)C3O)C(O)C2O)C(O)C(O)C1O. The summed E-state index contributed by atoms with van der Waals surface area (Å²) in [6.45, 7) is 14.6. The molecule has 0 aromatic rings. The van der Waals surface area contributed by atoms with Crippen LogP contribution in [0.5, 0.6) is 0 Å². The molecule has 0 radical (unpaired) electrons. The van der Waals surface area contributed by atoms with E-state index in [4.69, 9.17) is 47.4 Å². The van der Waals surface area contributed by atoms with Crippen LogP contribution in [0.1, 0.15) is 120 Å². The van der Waals surface area contributed by atoms with Gasteiger partial charge in [-0.25, -0.2) is 0 Å². The number of rotatable bonds is 13. The van der Waals surface area contributed by atoms with Gasteiger partial charge in [-0.1, -0.05) is 53.2 Å². The van der Waals surface area contributed by atoms with Crippen molar-refractivity contribution in [3.8, 4) is 0 Å². The lowest BCUT2D eigenvalue weighted by atomic mass is 9.33. The van der Waals surface area contributed by atoms with Crippen molar-refractivity contribution < 1.29 is 129 Å². The molecule has 0 aromatic heterocycles. The van der Waals surface area contributed by atoms with E-state index in [9.17, 15) is 76.6 Å². The highest BCUT2D eigenvalue weighted by atomic mass is 16.8. The van der Waals surface area contributed by atoms with E-state index < -0.39 is 200 Å². The Labute approximate surface area is 494 Å². The number of esters is 1. The molecule has 33 unspecified atom stereocenters. The molecule has 10 rings (SSSR count). The van der Waals surface area contributed by atoms with Crippen LogP contribution in [0.4, 0.5) is 0 Å². The van der Waals surface area contributed by atoms with Crippen LogP contribution in [0.15, 0.2) is 11.6 Å². The maximum absolute atomic E-state index is 15.3. The normalized spacial score (nSPS) is 55.3. The molecule has 488 valence electrons. The largest absolute Gasteiger partial charge is 0.432 e. The predicted molar refractivity (Wildman–Crippen MR) is 288 cm³/mol. The maximum Gasteiger partial charge on any atom is 0.315 e. The van der Waals surface area contributed by atoms with Gasteiger partial charge in [-0.2, -0.15) is 0 Å². The minimum atomic E-state index is -1.92. The predicted octanol–water partition coefficient (Wildman–Crippen LogP) is -2.54. The van der Waals surface area contributed by atoms with Crippen molar-refractivity contribution >= 4 is 5.97 Å². The number of aliphatic hydroxyl groups is 15. The Morgan fingerprint density at radius 3 is 1.76 bits per heavy atom. The van der Waals surface area contributed by atoms with E-state index in [1.807, 2.05) is 6.92 Å². The van der Waals surface area contributed by atoms with E-state index in [1.165, 1.54) is 13.8 Å². The summed E-state index contributed by atoms with van der Waals surface area (Å²) in [5, 5.41) is 162. The third-order valence-electron chi connectivity index (χ3n) is 23.3. The lowest BCUT2D eigenvalue weighted by Crippen LogP contribution is -2.66. The fourth-order valence-corrected chi connectivity index (χ4v) is 17.6. The van der Waals surface area contributed by atoms with Crippen LogP contribution in [0.2, 0.25) is 0 Å². The van der Waals surface area contributed by atoms with Gasteiger partial charge in [0, 0.05) is 6.61 Å². The van der Waals surface area contributed by atoms with Crippen LogP contribution in [-0.4, -0.2) is 263 Å². The topological polar surface area (TPSA) is 413 Å². The van der Waals surface area contributed by atoms with Crippen molar-refractivity contribution in [3.63, 3.8) is 0 Å². The third-order valence-corrected chi connectivity index (χ3v) is 23.3. The Morgan fingerprint density at radius 2 is 1.14 bits per heavy atom.